The van der Waals surface area contributed by atoms with Crippen LogP contribution in [0.3, 0.4) is 0 Å². The van der Waals surface area contributed by atoms with Crippen LogP contribution in [0.25, 0.3) is 0 Å². The van der Waals surface area contributed by atoms with Gasteiger partial charge in [-0.1, -0.05) is 59.8 Å². The molecule has 0 saturated heterocycles. The van der Waals surface area contributed by atoms with Crippen LogP contribution in [0.5, 0.6) is 0 Å². The third kappa shape index (κ3) is 4.83. The molecule has 130 valence electrons. The van der Waals surface area contributed by atoms with Gasteiger partial charge >= 0.3 is 0 Å². The number of nitrogens with zero attached hydrogens (tertiary/aromatic N) is 2. The molecule has 1 aliphatic heterocycles. The highest BCUT2D eigenvalue weighted by Crippen LogP contribution is 2.18. The van der Waals surface area contributed by atoms with Gasteiger partial charge in [0.2, 0.25) is 0 Å². The van der Waals surface area contributed by atoms with Gasteiger partial charge in [0.05, 0.1) is 0 Å². The smallest absolute Gasteiger partial charge is 0.263 e. The molecule has 0 atom stereocenters. The first-order chi connectivity index (χ1) is 12.2. The standard InChI is InChI=1S/C20H23N3O2/c21-19(11-10-16-6-2-1-3-7-16)22-25-15-20(24)23-13-12-17-8-4-5-9-18(17)14-23/h1-9H,10-15H2,(H2,21,22). The van der Waals surface area contributed by atoms with Crippen molar-refractivity contribution >= 4 is 11.7 Å². The number of amides is 1. The van der Waals surface area contributed by atoms with Crippen LogP contribution >= 0.6 is 0 Å². The summed E-state index contributed by atoms with van der Waals surface area (Å²) in [6, 6.07) is 18.3. The zero-order valence-corrected chi connectivity index (χ0v) is 14.2. The van der Waals surface area contributed by atoms with E-state index in [2.05, 4.69) is 17.3 Å². The summed E-state index contributed by atoms with van der Waals surface area (Å²) in [5, 5.41) is 3.87. The minimum absolute atomic E-state index is 0.0610. The maximum Gasteiger partial charge on any atom is 0.263 e. The van der Waals surface area contributed by atoms with E-state index in [0.717, 1.165) is 12.8 Å². The van der Waals surface area contributed by atoms with E-state index >= 15 is 0 Å². The molecule has 2 aromatic rings. The number of carbonyl (C=O) groups is 1. The Kier molecular flexibility index (Phi) is 5.67. The van der Waals surface area contributed by atoms with Crippen LogP contribution in [0.4, 0.5) is 0 Å². The summed E-state index contributed by atoms with van der Waals surface area (Å²) < 4.78 is 0. The Balaban J connectivity index is 1.43. The lowest BCUT2D eigenvalue weighted by molar-refractivity contribution is -0.137. The summed E-state index contributed by atoms with van der Waals surface area (Å²) in [7, 11) is 0. The lowest BCUT2D eigenvalue weighted by Gasteiger charge is -2.28. The van der Waals surface area contributed by atoms with E-state index in [4.69, 9.17) is 10.6 Å². The minimum Gasteiger partial charge on any atom is -0.384 e. The molecule has 25 heavy (non-hydrogen) atoms. The van der Waals surface area contributed by atoms with Crippen molar-refractivity contribution in [1.82, 2.24) is 4.90 Å². The van der Waals surface area contributed by atoms with Crippen molar-refractivity contribution in [2.75, 3.05) is 13.2 Å². The lowest BCUT2D eigenvalue weighted by Crippen LogP contribution is -2.38. The molecule has 0 bridgehead atoms. The second kappa shape index (κ2) is 8.33. The highest BCUT2D eigenvalue weighted by atomic mass is 16.6. The number of hydrogen-bond acceptors (Lipinski definition) is 3. The summed E-state index contributed by atoms with van der Waals surface area (Å²) >= 11 is 0. The number of oxime groups is 1. The number of fused-ring (bicyclic) bond motifs is 1. The van der Waals surface area contributed by atoms with E-state index in [9.17, 15) is 4.79 Å². The highest BCUT2D eigenvalue weighted by Gasteiger charge is 2.20. The predicted octanol–water partition coefficient (Wildman–Crippen LogP) is 2.49. The molecule has 2 N–H and O–H groups in total. The monoisotopic (exact) mass is 337 g/mol. The van der Waals surface area contributed by atoms with Crippen molar-refractivity contribution in [3.63, 3.8) is 0 Å². The number of aryl methyl sites for hydroxylation is 1. The summed E-state index contributed by atoms with van der Waals surface area (Å²) in [6.07, 6.45) is 2.29. The Morgan fingerprint density at radius 3 is 2.60 bits per heavy atom. The van der Waals surface area contributed by atoms with E-state index < -0.39 is 0 Å². The zero-order valence-electron chi connectivity index (χ0n) is 14.2. The molecule has 0 aromatic heterocycles. The number of carbonyl (C=O) groups excluding carboxylic acids is 1. The van der Waals surface area contributed by atoms with Crippen molar-refractivity contribution in [1.29, 1.82) is 0 Å². The Labute approximate surface area is 148 Å². The van der Waals surface area contributed by atoms with E-state index in [1.54, 1.807) is 4.90 Å². The van der Waals surface area contributed by atoms with Crippen LogP contribution in [0, 0.1) is 0 Å². The maximum atomic E-state index is 12.3. The molecule has 0 spiro atoms. The van der Waals surface area contributed by atoms with Crippen LogP contribution in [-0.4, -0.2) is 29.8 Å². The fourth-order valence-corrected chi connectivity index (χ4v) is 2.93. The molecule has 5 nitrogen and oxygen atoms in total. The summed E-state index contributed by atoms with van der Waals surface area (Å²) in [5.74, 6) is 0.342. The molecule has 0 fully saturated rings. The van der Waals surface area contributed by atoms with Crippen molar-refractivity contribution in [3.05, 3.63) is 71.3 Å². The van der Waals surface area contributed by atoms with Gasteiger partial charge in [0.25, 0.3) is 5.91 Å². The summed E-state index contributed by atoms with van der Waals surface area (Å²) in [6.45, 7) is 1.27. The molecular weight excluding hydrogens is 314 g/mol. The van der Waals surface area contributed by atoms with Gasteiger partial charge in [0, 0.05) is 19.5 Å². The molecule has 1 heterocycles. The Morgan fingerprint density at radius 1 is 1.08 bits per heavy atom. The Bertz CT molecular complexity index is 744. The normalized spacial score (nSPS) is 14.1. The van der Waals surface area contributed by atoms with Crippen LogP contribution in [0.1, 0.15) is 23.1 Å². The Hall–Kier alpha value is -2.82. The van der Waals surface area contributed by atoms with E-state index in [-0.39, 0.29) is 12.5 Å². The molecule has 0 radical (unpaired) electrons. The van der Waals surface area contributed by atoms with Crippen molar-refractivity contribution in [2.45, 2.75) is 25.8 Å². The maximum absolute atomic E-state index is 12.3. The van der Waals surface area contributed by atoms with E-state index in [1.807, 2.05) is 42.5 Å². The quantitative estimate of drug-likeness (QED) is 0.500. The minimum atomic E-state index is -0.0752. The van der Waals surface area contributed by atoms with Crippen molar-refractivity contribution < 1.29 is 9.63 Å². The van der Waals surface area contributed by atoms with E-state index in [1.165, 1.54) is 16.7 Å². The SMILES string of the molecule is N/C(CCc1ccccc1)=N\OCC(=O)N1CCc2ccccc2C1. The van der Waals surface area contributed by atoms with Crippen LogP contribution in [-0.2, 0) is 29.0 Å². The van der Waals surface area contributed by atoms with Crippen LogP contribution < -0.4 is 5.73 Å². The van der Waals surface area contributed by atoms with E-state index in [0.29, 0.717) is 25.3 Å². The van der Waals surface area contributed by atoms with Gasteiger partial charge in [-0.2, -0.15) is 0 Å². The van der Waals surface area contributed by atoms with Crippen LogP contribution in [0.15, 0.2) is 59.8 Å². The predicted molar refractivity (Wildman–Crippen MR) is 97.9 cm³/mol. The first kappa shape index (κ1) is 17.0. The molecule has 3 rings (SSSR count). The third-order valence-corrected chi connectivity index (χ3v) is 4.37. The molecule has 2 aromatic carbocycles. The van der Waals surface area contributed by atoms with Crippen molar-refractivity contribution in [3.8, 4) is 0 Å². The van der Waals surface area contributed by atoms with Gasteiger partial charge in [0.15, 0.2) is 6.61 Å². The molecule has 0 saturated carbocycles. The second-order valence-corrected chi connectivity index (χ2v) is 6.18. The van der Waals surface area contributed by atoms with Crippen molar-refractivity contribution in [2.24, 2.45) is 10.9 Å². The number of hydrogen-bond donors (Lipinski definition) is 1. The fourth-order valence-electron chi connectivity index (χ4n) is 2.93. The lowest BCUT2D eigenvalue weighted by atomic mass is 10.00. The Morgan fingerprint density at radius 2 is 1.80 bits per heavy atom. The average molecular weight is 337 g/mol. The number of amidine groups is 1. The topological polar surface area (TPSA) is 67.9 Å². The third-order valence-electron chi connectivity index (χ3n) is 4.37. The van der Waals surface area contributed by atoms with Crippen LogP contribution in [0.2, 0.25) is 0 Å². The summed E-state index contributed by atoms with van der Waals surface area (Å²) in [4.78, 5) is 19.2. The van der Waals surface area contributed by atoms with Gasteiger partial charge in [-0.25, -0.2) is 0 Å². The molecule has 1 amide bonds. The second-order valence-electron chi connectivity index (χ2n) is 6.18. The highest BCUT2D eigenvalue weighted by molar-refractivity contribution is 5.80. The van der Waals surface area contributed by atoms with Gasteiger partial charge in [-0.15, -0.1) is 0 Å². The first-order valence-electron chi connectivity index (χ1n) is 8.55. The number of nitrogens with two attached hydrogens (primary N) is 1. The van der Waals surface area contributed by atoms with Gasteiger partial charge in [0.1, 0.15) is 5.84 Å². The van der Waals surface area contributed by atoms with Gasteiger partial charge < -0.3 is 15.5 Å². The first-order valence-corrected chi connectivity index (χ1v) is 8.55. The molecule has 0 unspecified atom stereocenters. The average Bonchev–Trinajstić information content (AvgIpc) is 2.66. The molecule has 5 heteroatoms. The zero-order chi connectivity index (χ0) is 17.5. The molecule has 0 aliphatic carbocycles. The fraction of sp³-hybridized carbons (Fsp3) is 0.300. The van der Waals surface area contributed by atoms with Gasteiger partial charge in [-0.05, 0) is 29.5 Å². The number of benzene rings is 2. The molecule has 1 aliphatic rings. The number of rotatable bonds is 6. The van der Waals surface area contributed by atoms with Gasteiger partial charge in [-0.3, -0.25) is 4.79 Å². The summed E-state index contributed by atoms with van der Waals surface area (Å²) in [5.41, 5.74) is 9.56. The molecular formula is C20H23N3O2. The largest absolute Gasteiger partial charge is 0.384 e.